The van der Waals surface area contributed by atoms with Crippen molar-refractivity contribution in [1.82, 2.24) is 5.32 Å². The van der Waals surface area contributed by atoms with Gasteiger partial charge < -0.3 is 11.1 Å². The number of hydrogen-bond donors (Lipinski definition) is 2. The first-order valence-electron chi connectivity index (χ1n) is 5.43. The molecule has 5 heteroatoms. The van der Waals surface area contributed by atoms with Gasteiger partial charge in [-0.1, -0.05) is 23.7 Å². The van der Waals surface area contributed by atoms with Gasteiger partial charge in [0, 0.05) is 18.0 Å². The monoisotopic (exact) mass is 276 g/mol. The molecule has 0 aliphatic carbocycles. The van der Waals surface area contributed by atoms with E-state index in [1.54, 1.807) is 0 Å². The van der Waals surface area contributed by atoms with Gasteiger partial charge in [-0.2, -0.15) is 0 Å². The molecule has 96 valence electrons. The highest BCUT2D eigenvalue weighted by Crippen LogP contribution is 2.10. The quantitative estimate of drug-likeness (QED) is 0.837. The van der Waals surface area contributed by atoms with Crippen LogP contribution in [0.25, 0.3) is 0 Å². The minimum absolute atomic E-state index is 0. The molecule has 17 heavy (non-hydrogen) atoms. The molecule has 0 atom stereocenters. The van der Waals surface area contributed by atoms with E-state index < -0.39 is 0 Å². The highest BCUT2D eigenvalue weighted by Gasteiger charge is 2.00. The van der Waals surface area contributed by atoms with Gasteiger partial charge in [0.15, 0.2) is 0 Å². The van der Waals surface area contributed by atoms with Gasteiger partial charge in [-0.15, -0.1) is 12.4 Å². The molecule has 0 bridgehead atoms. The Morgan fingerprint density at radius 3 is 2.82 bits per heavy atom. The minimum atomic E-state index is 0. The van der Waals surface area contributed by atoms with Gasteiger partial charge in [0.2, 0.25) is 5.91 Å². The van der Waals surface area contributed by atoms with Crippen LogP contribution in [0.5, 0.6) is 0 Å². The number of benzene rings is 1. The van der Waals surface area contributed by atoms with Crippen LogP contribution in [0.4, 0.5) is 0 Å². The second kappa shape index (κ2) is 9.28. The van der Waals surface area contributed by atoms with Crippen LogP contribution in [0.2, 0.25) is 5.02 Å². The Hall–Kier alpha value is -0.770. The third-order valence-corrected chi connectivity index (χ3v) is 2.47. The first-order valence-corrected chi connectivity index (χ1v) is 5.81. The number of nitrogens with two attached hydrogens (primary N) is 1. The lowest BCUT2D eigenvalue weighted by molar-refractivity contribution is -0.121. The van der Waals surface area contributed by atoms with Crippen molar-refractivity contribution in [2.24, 2.45) is 5.73 Å². The molecule has 3 N–H and O–H groups in total. The molecule has 1 amide bonds. The highest BCUT2D eigenvalue weighted by atomic mass is 35.5. The number of halogens is 2. The number of hydrogen-bond acceptors (Lipinski definition) is 2. The maximum Gasteiger partial charge on any atom is 0.220 e. The fourth-order valence-corrected chi connectivity index (χ4v) is 1.60. The molecule has 1 aromatic rings. The maximum atomic E-state index is 11.3. The zero-order chi connectivity index (χ0) is 11.8. The molecule has 1 rings (SSSR count). The summed E-state index contributed by atoms with van der Waals surface area (Å²) in [5.74, 6) is 0.0625. The van der Waals surface area contributed by atoms with E-state index in [-0.39, 0.29) is 18.3 Å². The summed E-state index contributed by atoms with van der Waals surface area (Å²) >= 11 is 5.85. The first kappa shape index (κ1) is 16.2. The Morgan fingerprint density at radius 2 is 2.18 bits per heavy atom. The van der Waals surface area contributed by atoms with Crippen LogP contribution in [0.3, 0.4) is 0 Å². The Balaban J connectivity index is 0.00000256. The fraction of sp³-hybridized carbons (Fsp3) is 0.417. The van der Waals surface area contributed by atoms with E-state index in [0.717, 1.165) is 23.4 Å². The third kappa shape index (κ3) is 7.21. The van der Waals surface area contributed by atoms with Crippen LogP contribution >= 0.6 is 24.0 Å². The van der Waals surface area contributed by atoms with Crippen LogP contribution in [0.1, 0.15) is 18.4 Å². The van der Waals surface area contributed by atoms with Crippen molar-refractivity contribution in [1.29, 1.82) is 0 Å². The largest absolute Gasteiger partial charge is 0.356 e. The van der Waals surface area contributed by atoms with Crippen LogP contribution in [0.15, 0.2) is 24.3 Å². The fourth-order valence-electron chi connectivity index (χ4n) is 1.39. The summed E-state index contributed by atoms with van der Waals surface area (Å²) in [4.78, 5) is 11.3. The zero-order valence-corrected chi connectivity index (χ0v) is 11.2. The Labute approximate surface area is 113 Å². The van der Waals surface area contributed by atoms with Crippen LogP contribution in [-0.2, 0) is 11.2 Å². The summed E-state index contributed by atoms with van der Waals surface area (Å²) in [5.41, 5.74) is 6.45. The van der Waals surface area contributed by atoms with E-state index in [0.29, 0.717) is 19.5 Å². The lowest BCUT2D eigenvalue weighted by Crippen LogP contribution is -2.25. The summed E-state index contributed by atoms with van der Waals surface area (Å²) in [7, 11) is 0. The van der Waals surface area contributed by atoms with Gasteiger partial charge in [0.1, 0.15) is 0 Å². The van der Waals surface area contributed by atoms with Crippen molar-refractivity contribution >= 4 is 29.9 Å². The molecule has 0 heterocycles. The molecule has 0 aromatic heterocycles. The molecule has 1 aromatic carbocycles. The summed E-state index contributed by atoms with van der Waals surface area (Å²) < 4.78 is 0. The van der Waals surface area contributed by atoms with E-state index in [9.17, 15) is 4.79 Å². The number of rotatable bonds is 6. The molecule has 0 aliphatic rings. The molecule has 0 spiro atoms. The third-order valence-electron chi connectivity index (χ3n) is 2.23. The first-order chi connectivity index (χ1) is 7.72. The maximum absolute atomic E-state index is 11.3. The molecular weight excluding hydrogens is 259 g/mol. The lowest BCUT2D eigenvalue weighted by Gasteiger charge is -2.05. The second-order valence-corrected chi connectivity index (χ2v) is 4.06. The number of nitrogens with one attached hydrogen (secondary N) is 1. The Morgan fingerprint density at radius 1 is 1.41 bits per heavy atom. The average Bonchev–Trinajstić information content (AvgIpc) is 2.26. The molecule has 0 aliphatic heterocycles. The number of carbonyl (C=O) groups excluding carboxylic acids is 1. The number of amides is 1. The van der Waals surface area contributed by atoms with E-state index >= 15 is 0 Å². The summed E-state index contributed by atoms with van der Waals surface area (Å²) in [5, 5.41) is 3.58. The van der Waals surface area contributed by atoms with Crippen molar-refractivity contribution in [3.05, 3.63) is 34.9 Å². The van der Waals surface area contributed by atoms with Crippen molar-refractivity contribution in [3.63, 3.8) is 0 Å². The van der Waals surface area contributed by atoms with Gasteiger partial charge in [0.25, 0.3) is 0 Å². The predicted molar refractivity (Wildman–Crippen MR) is 73.7 cm³/mol. The van der Waals surface area contributed by atoms with Crippen molar-refractivity contribution in [3.8, 4) is 0 Å². The zero-order valence-electron chi connectivity index (χ0n) is 9.62. The molecule has 0 radical (unpaired) electrons. The number of carbonyl (C=O) groups is 1. The lowest BCUT2D eigenvalue weighted by atomic mass is 10.1. The van der Waals surface area contributed by atoms with E-state index in [1.807, 2.05) is 24.3 Å². The van der Waals surface area contributed by atoms with Crippen molar-refractivity contribution < 1.29 is 4.79 Å². The van der Waals surface area contributed by atoms with Gasteiger partial charge in [-0.05, 0) is 37.1 Å². The summed E-state index contributed by atoms with van der Waals surface area (Å²) in [6.45, 7) is 1.20. The normalized spacial score (nSPS) is 9.53. The molecular formula is C12H18Cl2N2O. The van der Waals surface area contributed by atoms with Crippen LogP contribution < -0.4 is 11.1 Å². The second-order valence-electron chi connectivity index (χ2n) is 3.62. The standard InChI is InChI=1S/C12H17ClN2O.ClH/c13-11-4-1-3-10(9-11)6-8-15-12(16)5-2-7-14;/h1,3-4,9H,2,5-8,14H2,(H,15,16);1H. The Bertz CT molecular complexity index is 345. The van der Waals surface area contributed by atoms with Crippen LogP contribution in [0, 0.1) is 0 Å². The SMILES string of the molecule is Cl.NCCCC(=O)NCCc1cccc(Cl)c1. The van der Waals surface area contributed by atoms with Gasteiger partial charge in [-0.3, -0.25) is 4.79 Å². The van der Waals surface area contributed by atoms with Gasteiger partial charge in [0.05, 0.1) is 0 Å². The molecule has 3 nitrogen and oxygen atoms in total. The topological polar surface area (TPSA) is 55.1 Å². The molecule has 0 unspecified atom stereocenters. The highest BCUT2D eigenvalue weighted by molar-refractivity contribution is 6.30. The molecule has 0 saturated carbocycles. The average molecular weight is 277 g/mol. The van der Waals surface area contributed by atoms with Gasteiger partial charge >= 0.3 is 0 Å². The summed E-state index contributed by atoms with van der Waals surface area (Å²) in [6.07, 6.45) is 2.05. The van der Waals surface area contributed by atoms with E-state index in [1.165, 1.54) is 0 Å². The minimum Gasteiger partial charge on any atom is -0.356 e. The smallest absolute Gasteiger partial charge is 0.220 e. The van der Waals surface area contributed by atoms with E-state index in [2.05, 4.69) is 5.32 Å². The van der Waals surface area contributed by atoms with Crippen LogP contribution in [-0.4, -0.2) is 19.0 Å². The molecule has 0 fully saturated rings. The Kier molecular flexibility index (Phi) is 8.86. The predicted octanol–water partition coefficient (Wildman–Crippen LogP) is 2.16. The summed E-state index contributed by atoms with van der Waals surface area (Å²) in [6, 6.07) is 7.66. The van der Waals surface area contributed by atoms with Gasteiger partial charge in [-0.25, -0.2) is 0 Å². The van der Waals surface area contributed by atoms with E-state index in [4.69, 9.17) is 17.3 Å². The molecule has 0 saturated heterocycles. The van der Waals surface area contributed by atoms with Crippen molar-refractivity contribution in [2.45, 2.75) is 19.3 Å². The van der Waals surface area contributed by atoms with Crippen molar-refractivity contribution in [2.75, 3.05) is 13.1 Å².